The molecule has 1 aliphatic heterocycles. The molecule has 39 heavy (non-hydrogen) atoms. The van der Waals surface area contributed by atoms with E-state index in [1.807, 2.05) is 32.2 Å². The number of carbonyl (C=O) groups excluding carboxylic acids is 2. The van der Waals surface area contributed by atoms with Crippen LogP contribution in [-0.4, -0.2) is 62.3 Å². The number of hydrogen-bond donors (Lipinski definition) is 1. The van der Waals surface area contributed by atoms with Gasteiger partial charge in [0.25, 0.3) is 0 Å². The molecule has 7 atom stereocenters. The van der Waals surface area contributed by atoms with Crippen molar-refractivity contribution in [3.8, 4) is 0 Å². The molecule has 0 unspecified atom stereocenters. The normalized spacial score (nSPS) is 40.3. The molecular formula is C31H40N2O6. The molecule has 8 nitrogen and oxygen atoms in total. The molecule has 4 fully saturated rings. The SMILES string of the molecule is CCNC(=O)O/N=C/c1ccc([C@H]2C[C@@]3(C)[C@@H](CC[C@]3(COC)OC)[C@@H]3CCC4=CC(=O)CC[C@]45O[C@]235)cc1. The number of fused-ring (bicyclic) bond motifs is 2. The number of nitrogens with zero attached hydrogens (tertiary/aromatic N) is 1. The monoisotopic (exact) mass is 536 g/mol. The minimum absolute atomic E-state index is 0.0716. The van der Waals surface area contributed by atoms with E-state index >= 15 is 0 Å². The van der Waals surface area contributed by atoms with Gasteiger partial charge in [-0.15, -0.1) is 0 Å². The number of oxime groups is 1. The molecule has 1 aromatic rings. The zero-order valence-electron chi connectivity index (χ0n) is 23.5. The number of hydrogen-bond acceptors (Lipinski definition) is 7. The number of amides is 1. The summed E-state index contributed by atoms with van der Waals surface area (Å²) in [5, 5.41) is 6.38. The lowest BCUT2D eigenvalue weighted by atomic mass is 9.46. The van der Waals surface area contributed by atoms with Gasteiger partial charge in [-0.3, -0.25) is 9.63 Å². The Bertz CT molecular complexity index is 1210. The molecule has 1 heterocycles. The van der Waals surface area contributed by atoms with Crippen molar-refractivity contribution in [1.29, 1.82) is 0 Å². The van der Waals surface area contributed by atoms with Gasteiger partial charge in [-0.2, -0.15) is 0 Å². The van der Waals surface area contributed by atoms with Crippen LogP contribution in [-0.2, 0) is 23.8 Å². The van der Waals surface area contributed by atoms with E-state index in [4.69, 9.17) is 19.0 Å². The highest BCUT2D eigenvalue weighted by Crippen LogP contribution is 2.79. The molecule has 2 spiro atoms. The highest BCUT2D eigenvalue weighted by molar-refractivity contribution is 5.92. The van der Waals surface area contributed by atoms with Crippen molar-refractivity contribution in [2.45, 2.75) is 81.5 Å². The summed E-state index contributed by atoms with van der Waals surface area (Å²) in [7, 11) is 3.61. The average Bonchev–Trinajstić information content (AvgIpc) is 3.53. The van der Waals surface area contributed by atoms with Gasteiger partial charge in [0.15, 0.2) is 5.78 Å². The number of benzene rings is 1. The van der Waals surface area contributed by atoms with E-state index in [2.05, 4.69) is 29.5 Å². The average molecular weight is 537 g/mol. The maximum Gasteiger partial charge on any atom is 0.433 e. The second-order valence-electron chi connectivity index (χ2n) is 12.3. The van der Waals surface area contributed by atoms with Crippen molar-refractivity contribution in [3.05, 3.63) is 47.0 Å². The number of epoxide rings is 1. The summed E-state index contributed by atoms with van der Waals surface area (Å²) in [6, 6.07) is 8.36. The van der Waals surface area contributed by atoms with E-state index < -0.39 is 6.09 Å². The standard InChI is InChI=1S/C31H40N2O6/c1-5-32-27(35)38-33-18-20-6-8-21(9-7-20)26-17-28(2)24(13-14-29(28,37-4)19-36-3)25-11-10-22-16-23(34)12-15-30(22)31(25,26)39-30/h6-9,16,18,24-26H,5,10-15,17,19H2,1-4H3,(H,32,35)/b33-18+/t24-,25-,26+,28-,29+,30-,31-/m0/s1. The van der Waals surface area contributed by atoms with E-state index in [1.165, 1.54) is 11.1 Å². The Hall–Kier alpha value is -2.55. The molecule has 6 rings (SSSR count). The number of methoxy groups -OCH3 is 2. The first-order valence-electron chi connectivity index (χ1n) is 14.4. The summed E-state index contributed by atoms with van der Waals surface area (Å²) in [6.45, 7) is 5.30. The summed E-state index contributed by atoms with van der Waals surface area (Å²) in [6.07, 6.45) is 9.19. The van der Waals surface area contributed by atoms with E-state index in [-0.39, 0.29) is 33.9 Å². The van der Waals surface area contributed by atoms with Gasteiger partial charge < -0.3 is 19.5 Å². The minimum Gasteiger partial charge on any atom is -0.382 e. The maximum atomic E-state index is 12.4. The molecule has 0 aromatic heterocycles. The van der Waals surface area contributed by atoms with Gasteiger partial charge in [-0.1, -0.05) is 36.3 Å². The van der Waals surface area contributed by atoms with Gasteiger partial charge in [-0.25, -0.2) is 4.79 Å². The number of rotatable bonds is 7. The Labute approximate surface area is 230 Å². The minimum atomic E-state index is -0.571. The van der Waals surface area contributed by atoms with Crippen molar-refractivity contribution < 1.29 is 28.6 Å². The van der Waals surface area contributed by atoms with Crippen molar-refractivity contribution in [3.63, 3.8) is 0 Å². The van der Waals surface area contributed by atoms with Crippen LogP contribution in [0.3, 0.4) is 0 Å². The van der Waals surface area contributed by atoms with Crippen LogP contribution in [0.1, 0.15) is 75.8 Å². The largest absolute Gasteiger partial charge is 0.433 e. The summed E-state index contributed by atoms with van der Waals surface area (Å²) in [4.78, 5) is 28.8. The lowest BCUT2D eigenvalue weighted by Crippen LogP contribution is -2.60. The first-order valence-corrected chi connectivity index (χ1v) is 14.4. The van der Waals surface area contributed by atoms with Crippen LogP contribution in [0.25, 0.3) is 0 Å². The molecule has 1 saturated heterocycles. The molecule has 3 saturated carbocycles. The molecule has 210 valence electrons. The molecule has 1 N–H and O–H groups in total. The van der Waals surface area contributed by atoms with Crippen LogP contribution in [0.15, 0.2) is 41.1 Å². The molecule has 5 aliphatic rings. The van der Waals surface area contributed by atoms with Crippen LogP contribution < -0.4 is 5.32 Å². The Kier molecular flexibility index (Phi) is 6.51. The Morgan fingerprint density at radius 3 is 2.67 bits per heavy atom. The van der Waals surface area contributed by atoms with Crippen LogP contribution in [0.5, 0.6) is 0 Å². The third-order valence-corrected chi connectivity index (χ3v) is 10.9. The smallest absolute Gasteiger partial charge is 0.382 e. The summed E-state index contributed by atoms with van der Waals surface area (Å²) in [5.74, 6) is 1.25. The number of nitrogens with one attached hydrogen (secondary N) is 1. The van der Waals surface area contributed by atoms with E-state index in [9.17, 15) is 9.59 Å². The highest BCUT2D eigenvalue weighted by Gasteiger charge is 2.84. The van der Waals surface area contributed by atoms with E-state index in [0.717, 1.165) is 44.1 Å². The van der Waals surface area contributed by atoms with E-state index in [1.54, 1.807) is 13.3 Å². The fourth-order valence-corrected chi connectivity index (χ4v) is 9.20. The predicted molar refractivity (Wildman–Crippen MR) is 146 cm³/mol. The number of ether oxygens (including phenoxy) is 3. The quantitative estimate of drug-likeness (QED) is 0.230. The Morgan fingerprint density at radius 1 is 1.15 bits per heavy atom. The van der Waals surface area contributed by atoms with Gasteiger partial charge >= 0.3 is 6.09 Å². The fourth-order valence-electron chi connectivity index (χ4n) is 9.20. The van der Waals surface area contributed by atoms with Crippen molar-refractivity contribution >= 4 is 18.1 Å². The molecule has 4 aliphatic carbocycles. The van der Waals surface area contributed by atoms with Gasteiger partial charge in [0, 0.05) is 38.5 Å². The zero-order chi connectivity index (χ0) is 27.5. The summed E-state index contributed by atoms with van der Waals surface area (Å²) in [5.41, 5.74) is 2.26. The predicted octanol–water partition coefficient (Wildman–Crippen LogP) is 4.91. The first-order chi connectivity index (χ1) is 18.8. The first kappa shape index (κ1) is 26.7. The van der Waals surface area contributed by atoms with Gasteiger partial charge in [-0.05, 0) is 80.1 Å². The highest BCUT2D eigenvalue weighted by atomic mass is 16.7. The third kappa shape index (κ3) is 3.71. The third-order valence-electron chi connectivity index (χ3n) is 10.9. The van der Waals surface area contributed by atoms with Crippen LogP contribution in [0.4, 0.5) is 4.79 Å². The molecule has 1 aromatic carbocycles. The van der Waals surface area contributed by atoms with Crippen molar-refractivity contribution in [2.24, 2.45) is 22.4 Å². The Balaban J connectivity index is 1.37. The van der Waals surface area contributed by atoms with Crippen LogP contribution in [0.2, 0.25) is 0 Å². The lowest BCUT2D eigenvalue weighted by molar-refractivity contribution is -0.165. The fraction of sp³-hybridized carbons (Fsp3) is 0.645. The van der Waals surface area contributed by atoms with Crippen molar-refractivity contribution in [1.82, 2.24) is 5.32 Å². The molecule has 0 bridgehead atoms. The molecule has 8 heteroatoms. The molecule has 1 amide bonds. The molecular weight excluding hydrogens is 496 g/mol. The Morgan fingerprint density at radius 2 is 1.95 bits per heavy atom. The topological polar surface area (TPSA) is 98.8 Å². The number of ketones is 1. The number of carbonyl (C=O) groups is 2. The zero-order valence-corrected chi connectivity index (χ0v) is 23.5. The maximum absolute atomic E-state index is 12.4. The van der Waals surface area contributed by atoms with Crippen LogP contribution >= 0.6 is 0 Å². The van der Waals surface area contributed by atoms with Gasteiger partial charge in [0.05, 0.1) is 18.4 Å². The summed E-state index contributed by atoms with van der Waals surface area (Å²) < 4.78 is 19.2. The van der Waals surface area contributed by atoms with Crippen LogP contribution in [0, 0.1) is 17.3 Å². The van der Waals surface area contributed by atoms with Gasteiger partial charge in [0.2, 0.25) is 0 Å². The van der Waals surface area contributed by atoms with Crippen molar-refractivity contribution in [2.75, 3.05) is 27.4 Å². The molecule has 0 radical (unpaired) electrons. The van der Waals surface area contributed by atoms with E-state index in [0.29, 0.717) is 31.4 Å². The summed E-state index contributed by atoms with van der Waals surface area (Å²) >= 11 is 0. The lowest BCUT2D eigenvalue weighted by Gasteiger charge is -2.57. The second-order valence-corrected chi connectivity index (χ2v) is 12.3. The second kappa shape index (κ2) is 9.53. The van der Waals surface area contributed by atoms with Gasteiger partial charge in [0.1, 0.15) is 11.2 Å².